The summed E-state index contributed by atoms with van der Waals surface area (Å²) in [6.45, 7) is 0. The third-order valence-corrected chi connectivity index (χ3v) is 3.57. The van der Waals surface area contributed by atoms with Crippen molar-refractivity contribution in [3.05, 3.63) is 48.4 Å². The highest BCUT2D eigenvalue weighted by Gasteiger charge is 2.22. The van der Waals surface area contributed by atoms with Crippen molar-refractivity contribution in [1.29, 1.82) is 0 Å². The Hall–Kier alpha value is -2.03. The molecule has 0 bridgehead atoms. The Morgan fingerprint density at radius 1 is 1.28 bits per heavy atom. The monoisotopic (exact) mass is 237 g/mol. The van der Waals surface area contributed by atoms with E-state index in [1.54, 1.807) is 0 Å². The van der Waals surface area contributed by atoms with Crippen LogP contribution in [0.15, 0.2) is 42.8 Å². The molecule has 2 aliphatic rings. The summed E-state index contributed by atoms with van der Waals surface area (Å²) in [6, 6.07) is 4.96. The minimum absolute atomic E-state index is 0.632. The van der Waals surface area contributed by atoms with Gasteiger partial charge in [0.15, 0.2) is 5.82 Å². The first-order valence-electron chi connectivity index (χ1n) is 6.51. The van der Waals surface area contributed by atoms with Gasteiger partial charge in [-0.15, -0.1) is 0 Å². The van der Waals surface area contributed by atoms with E-state index in [2.05, 4.69) is 45.1 Å². The van der Waals surface area contributed by atoms with Crippen LogP contribution in [0.25, 0.3) is 11.1 Å². The van der Waals surface area contributed by atoms with E-state index in [4.69, 9.17) is 0 Å². The molecule has 0 aliphatic heterocycles. The molecule has 1 N–H and O–H groups in total. The van der Waals surface area contributed by atoms with Gasteiger partial charge in [0.1, 0.15) is 0 Å². The van der Waals surface area contributed by atoms with Crippen LogP contribution in [0.3, 0.4) is 0 Å². The number of nitrogens with one attached hydrogen (secondary N) is 1. The molecule has 1 fully saturated rings. The van der Waals surface area contributed by atoms with Crippen molar-refractivity contribution in [3.8, 4) is 0 Å². The highest BCUT2D eigenvalue weighted by Crippen LogP contribution is 2.29. The molecule has 0 amide bonds. The summed E-state index contributed by atoms with van der Waals surface area (Å²) in [5.41, 5.74) is 3.72. The molecule has 2 aliphatic carbocycles. The molecule has 2 aromatic rings. The van der Waals surface area contributed by atoms with Gasteiger partial charge in [-0.3, -0.25) is 0 Å². The quantitative estimate of drug-likeness (QED) is 0.887. The molecule has 2 aromatic heterocycles. The maximum Gasteiger partial charge on any atom is 0.150 e. The number of aromatic nitrogens is 2. The van der Waals surface area contributed by atoms with Crippen molar-refractivity contribution in [2.45, 2.75) is 25.3 Å². The van der Waals surface area contributed by atoms with Gasteiger partial charge in [-0.25, -0.2) is 4.98 Å². The molecule has 3 heteroatoms. The number of rotatable bonds is 3. The van der Waals surface area contributed by atoms with E-state index in [0.717, 1.165) is 12.2 Å². The Bertz CT molecular complexity index is 659. The van der Waals surface area contributed by atoms with Gasteiger partial charge in [0.2, 0.25) is 0 Å². The predicted molar refractivity (Wildman–Crippen MR) is 73.6 cm³/mol. The third-order valence-electron chi connectivity index (χ3n) is 3.57. The number of hydrogen-bond acceptors (Lipinski definition) is 2. The topological polar surface area (TPSA) is 29.3 Å². The van der Waals surface area contributed by atoms with Crippen molar-refractivity contribution in [2.24, 2.45) is 0 Å². The first-order valence-corrected chi connectivity index (χ1v) is 6.51. The van der Waals surface area contributed by atoms with E-state index in [1.165, 1.54) is 29.6 Å². The third kappa shape index (κ3) is 1.55. The summed E-state index contributed by atoms with van der Waals surface area (Å²) in [5, 5.41) is 3.49. The summed E-state index contributed by atoms with van der Waals surface area (Å²) < 4.78 is 2.22. The van der Waals surface area contributed by atoms with E-state index >= 15 is 0 Å². The van der Waals surface area contributed by atoms with Gasteiger partial charge >= 0.3 is 0 Å². The number of anilines is 1. The molecule has 0 unspecified atom stereocenters. The second-order valence-electron chi connectivity index (χ2n) is 4.97. The van der Waals surface area contributed by atoms with Crippen LogP contribution >= 0.6 is 0 Å². The molecule has 0 saturated heterocycles. The average molecular weight is 237 g/mol. The molecule has 0 aromatic carbocycles. The fourth-order valence-electron chi connectivity index (χ4n) is 2.46. The van der Waals surface area contributed by atoms with Crippen LogP contribution in [0.1, 0.15) is 25.0 Å². The molecule has 0 atom stereocenters. The van der Waals surface area contributed by atoms with Gasteiger partial charge in [0.05, 0.1) is 11.2 Å². The number of hydrogen-bond donors (Lipinski definition) is 1. The lowest BCUT2D eigenvalue weighted by atomic mass is 10.2. The van der Waals surface area contributed by atoms with Crippen LogP contribution in [0, 0.1) is 0 Å². The second kappa shape index (κ2) is 3.73. The van der Waals surface area contributed by atoms with Crippen molar-refractivity contribution in [1.82, 2.24) is 9.38 Å². The molecular weight excluding hydrogens is 222 g/mol. The summed E-state index contributed by atoms with van der Waals surface area (Å²) in [6.07, 6.45) is 14.1. The van der Waals surface area contributed by atoms with Gasteiger partial charge in [0.25, 0.3) is 0 Å². The molecule has 90 valence electrons. The van der Waals surface area contributed by atoms with Gasteiger partial charge in [-0.2, -0.15) is 0 Å². The van der Waals surface area contributed by atoms with E-state index in [9.17, 15) is 0 Å². The lowest BCUT2D eigenvalue weighted by Gasteiger charge is -2.07. The number of nitrogens with zero attached hydrogens (tertiary/aromatic N) is 2. The van der Waals surface area contributed by atoms with Crippen LogP contribution in [-0.4, -0.2) is 15.4 Å². The van der Waals surface area contributed by atoms with E-state index in [0.29, 0.717) is 6.04 Å². The van der Waals surface area contributed by atoms with Crippen molar-refractivity contribution < 1.29 is 0 Å². The van der Waals surface area contributed by atoms with Crippen LogP contribution in [0.5, 0.6) is 0 Å². The smallest absolute Gasteiger partial charge is 0.150 e. The molecular formula is C15H15N3. The Kier molecular flexibility index (Phi) is 2.06. The summed E-state index contributed by atoms with van der Waals surface area (Å²) in [7, 11) is 0. The second-order valence-corrected chi connectivity index (χ2v) is 4.97. The normalized spacial score (nSPS) is 18.3. The van der Waals surface area contributed by atoms with Crippen LogP contribution < -0.4 is 5.32 Å². The number of fused-ring (bicyclic) bond motifs is 1. The van der Waals surface area contributed by atoms with Crippen molar-refractivity contribution >= 4 is 16.9 Å². The lowest BCUT2D eigenvalue weighted by Crippen LogP contribution is -2.05. The average Bonchev–Trinajstić information content (AvgIpc) is 2.91. The fraction of sp³-hybridized carbons (Fsp3) is 0.267. The zero-order valence-electron chi connectivity index (χ0n) is 10.1. The Labute approximate surface area is 106 Å². The SMILES string of the molecule is C1=CC(c2ccc3c(NC4CC4)nccn23)=CC1. The van der Waals surface area contributed by atoms with Crippen LogP contribution in [-0.2, 0) is 0 Å². The molecule has 4 rings (SSSR count). The summed E-state index contributed by atoms with van der Waals surface area (Å²) in [4.78, 5) is 4.46. The molecule has 3 nitrogen and oxygen atoms in total. The predicted octanol–water partition coefficient (Wildman–Crippen LogP) is 3.25. The molecule has 1 saturated carbocycles. The molecule has 0 radical (unpaired) electrons. The molecule has 18 heavy (non-hydrogen) atoms. The highest BCUT2D eigenvalue weighted by atomic mass is 15.1. The Balaban J connectivity index is 1.83. The van der Waals surface area contributed by atoms with Gasteiger partial charge in [0, 0.05) is 18.4 Å². The van der Waals surface area contributed by atoms with Crippen molar-refractivity contribution in [2.75, 3.05) is 5.32 Å². The van der Waals surface area contributed by atoms with Gasteiger partial charge < -0.3 is 9.72 Å². The van der Waals surface area contributed by atoms with Gasteiger partial charge in [-0.05, 0) is 37.0 Å². The maximum atomic E-state index is 4.46. The first kappa shape index (κ1) is 9.95. The maximum absolute atomic E-state index is 4.46. The minimum Gasteiger partial charge on any atom is -0.366 e. The van der Waals surface area contributed by atoms with E-state index in [-0.39, 0.29) is 0 Å². The standard InChI is InChI=1S/C15H15N3/c1-2-4-11(3-1)13-7-8-14-15(17-12-5-6-12)16-9-10-18(13)14/h1,3-4,7-10,12H,2,5-6H2,(H,16,17). The highest BCUT2D eigenvalue weighted by molar-refractivity contribution is 5.80. The first-order chi connectivity index (χ1) is 8.92. The summed E-state index contributed by atoms with van der Waals surface area (Å²) in [5.74, 6) is 1.01. The fourth-order valence-corrected chi connectivity index (χ4v) is 2.46. The van der Waals surface area contributed by atoms with Crippen LogP contribution in [0.4, 0.5) is 5.82 Å². The number of allylic oxidation sites excluding steroid dienone is 4. The van der Waals surface area contributed by atoms with E-state index in [1.807, 2.05) is 12.4 Å². The van der Waals surface area contributed by atoms with Crippen LogP contribution in [0.2, 0.25) is 0 Å². The molecule has 0 spiro atoms. The minimum atomic E-state index is 0.632. The van der Waals surface area contributed by atoms with E-state index < -0.39 is 0 Å². The Morgan fingerprint density at radius 2 is 2.22 bits per heavy atom. The summed E-state index contributed by atoms with van der Waals surface area (Å²) >= 11 is 0. The molecule has 2 heterocycles. The van der Waals surface area contributed by atoms with Gasteiger partial charge in [-0.1, -0.05) is 18.2 Å². The lowest BCUT2D eigenvalue weighted by molar-refractivity contribution is 1.07. The zero-order chi connectivity index (χ0) is 11.9. The zero-order valence-corrected chi connectivity index (χ0v) is 10.1. The Morgan fingerprint density at radius 3 is 3.00 bits per heavy atom. The van der Waals surface area contributed by atoms with Crippen molar-refractivity contribution in [3.63, 3.8) is 0 Å². The largest absolute Gasteiger partial charge is 0.366 e.